The van der Waals surface area contributed by atoms with Gasteiger partial charge in [0.15, 0.2) is 5.82 Å². The lowest BCUT2D eigenvalue weighted by Gasteiger charge is -2.36. The van der Waals surface area contributed by atoms with E-state index in [2.05, 4.69) is 46.7 Å². The molecule has 16 heavy (non-hydrogen) atoms. The first-order chi connectivity index (χ1) is 7.57. The van der Waals surface area contributed by atoms with E-state index in [-0.39, 0.29) is 6.04 Å². The highest BCUT2D eigenvalue weighted by molar-refractivity contribution is 4.91. The summed E-state index contributed by atoms with van der Waals surface area (Å²) in [6.45, 7) is 6.78. The quantitative estimate of drug-likeness (QED) is 0.820. The Morgan fingerprint density at radius 3 is 2.94 bits per heavy atom. The number of aromatic amines is 1. The Bertz CT molecular complexity index is 319. The zero-order valence-corrected chi connectivity index (χ0v) is 10.3. The molecule has 2 atom stereocenters. The molecule has 2 N–H and O–H groups in total. The average molecular weight is 223 g/mol. The van der Waals surface area contributed by atoms with Gasteiger partial charge in [-0.15, -0.1) is 10.2 Å². The summed E-state index contributed by atoms with van der Waals surface area (Å²) in [6, 6.07) is 0.759. The van der Waals surface area contributed by atoms with E-state index < -0.39 is 0 Å². The van der Waals surface area contributed by atoms with Crippen LogP contribution in [0.2, 0.25) is 0 Å². The van der Waals surface area contributed by atoms with Crippen LogP contribution in [0.15, 0.2) is 0 Å². The van der Waals surface area contributed by atoms with Gasteiger partial charge in [-0.05, 0) is 31.6 Å². The molecule has 1 aromatic rings. The van der Waals surface area contributed by atoms with Crippen LogP contribution in [-0.2, 0) is 0 Å². The van der Waals surface area contributed by atoms with Crippen LogP contribution < -0.4 is 5.32 Å². The molecule has 2 rings (SSSR count). The van der Waals surface area contributed by atoms with Crippen molar-refractivity contribution in [1.82, 2.24) is 25.9 Å². The molecule has 90 valence electrons. The summed E-state index contributed by atoms with van der Waals surface area (Å²) in [6.07, 6.45) is 5.13. The Labute approximate surface area is 96.4 Å². The molecular weight excluding hydrogens is 202 g/mol. The van der Waals surface area contributed by atoms with Crippen LogP contribution in [0.4, 0.5) is 0 Å². The predicted octanol–water partition coefficient (Wildman–Crippen LogP) is 1.82. The van der Waals surface area contributed by atoms with E-state index in [1.807, 2.05) is 0 Å². The van der Waals surface area contributed by atoms with Gasteiger partial charge in [0.05, 0.1) is 6.04 Å². The summed E-state index contributed by atoms with van der Waals surface area (Å²) in [5.41, 5.74) is 0.465. The predicted molar refractivity (Wildman–Crippen MR) is 61.8 cm³/mol. The summed E-state index contributed by atoms with van der Waals surface area (Å²) in [5.74, 6) is 0.753. The summed E-state index contributed by atoms with van der Waals surface area (Å²) in [4.78, 5) is 0. The van der Waals surface area contributed by atoms with E-state index in [4.69, 9.17) is 0 Å². The van der Waals surface area contributed by atoms with Crippen molar-refractivity contribution in [2.45, 2.75) is 58.5 Å². The molecule has 1 aromatic heterocycles. The van der Waals surface area contributed by atoms with E-state index >= 15 is 0 Å². The summed E-state index contributed by atoms with van der Waals surface area (Å²) < 4.78 is 0. The average Bonchev–Trinajstić information content (AvgIpc) is 2.68. The Balaban J connectivity index is 1.90. The maximum Gasteiger partial charge on any atom is 0.191 e. The van der Waals surface area contributed by atoms with E-state index in [1.54, 1.807) is 0 Å². The minimum Gasteiger partial charge on any atom is -0.305 e. The molecule has 1 heterocycles. The molecule has 5 nitrogen and oxygen atoms in total. The van der Waals surface area contributed by atoms with Gasteiger partial charge < -0.3 is 5.32 Å². The van der Waals surface area contributed by atoms with Crippen LogP contribution in [0.25, 0.3) is 0 Å². The molecule has 0 radical (unpaired) electrons. The van der Waals surface area contributed by atoms with Crippen LogP contribution in [0.1, 0.15) is 58.3 Å². The molecule has 1 aliphatic rings. The van der Waals surface area contributed by atoms with Crippen molar-refractivity contribution in [2.75, 3.05) is 0 Å². The summed E-state index contributed by atoms with van der Waals surface area (Å²) in [5, 5.41) is 17.7. The van der Waals surface area contributed by atoms with Gasteiger partial charge in [0.2, 0.25) is 0 Å². The minimum absolute atomic E-state index is 0.178. The highest BCUT2D eigenvalue weighted by Gasteiger charge is 2.29. The van der Waals surface area contributed by atoms with Crippen LogP contribution >= 0.6 is 0 Å². The summed E-state index contributed by atoms with van der Waals surface area (Å²) in [7, 11) is 0. The van der Waals surface area contributed by atoms with Crippen LogP contribution in [0, 0.1) is 5.41 Å². The first-order valence-corrected chi connectivity index (χ1v) is 6.06. The Morgan fingerprint density at radius 2 is 2.31 bits per heavy atom. The fraction of sp³-hybridized carbons (Fsp3) is 0.909. The molecule has 1 saturated carbocycles. The number of hydrogen-bond donors (Lipinski definition) is 2. The van der Waals surface area contributed by atoms with Crippen LogP contribution in [0.3, 0.4) is 0 Å². The summed E-state index contributed by atoms with van der Waals surface area (Å²) >= 11 is 0. The zero-order valence-electron chi connectivity index (χ0n) is 10.3. The second-order valence-corrected chi connectivity index (χ2v) is 5.62. The first-order valence-electron chi connectivity index (χ1n) is 6.06. The molecule has 0 amide bonds. The number of H-pyrrole nitrogens is 1. The topological polar surface area (TPSA) is 66.5 Å². The minimum atomic E-state index is 0.178. The van der Waals surface area contributed by atoms with Gasteiger partial charge >= 0.3 is 0 Å². The molecule has 0 bridgehead atoms. The fourth-order valence-electron chi connectivity index (χ4n) is 2.62. The van der Waals surface area contributed by atoms with Crippen molar-refractivity contribution in [3.05, 3.63) is 5.82 Å². The lowest BCUT2D eigenvalue weighted by Crippen LogP contribution is -2.38. The lowest BCUT2D eigenvalue weighted by atomic mass is 9.75. The van der Waals surface area contributed by atoms with Gasteiger partial charge in [-0.25, -0.2) is 0 Å². The number of nitrogens with one attached hydrogen (secondary N) is 2. The zero-order chi connectivity index (χ0) is 11.6. The third-order valence-electron chi connectivity index (χ3n) is 3.44. The van der Waals surface area contributed by atoms with Crippen molar-refractivity contribution in [2.24, 2.45) is 5.41 Å². The normalized spacial score (nSPS) is 26.6. The molecule has 0 saturated heterocycles. The van der Waals surface area contributed by atoms with E-state index in [1.165, 1.54) is 25.7 Å². The first kappa shape index (κ1) is 11.5. The van der Waals surface area contributed by atoms with Gasteiger partial charge in [-0.1, -0.05) is 25.5 Å². The molecule has 0 aromatic carbocycles. The molecule has 0 aliphatic heterocycles. The smallest absolute Gasteiger partial charge is 0.191 e. The van der Waals surface area contributed by atoms with Crippen LogP contribution in [-0.4, -0.2) is 26.7 Å². The Hall–Kier alpha value is -0.970. The van der Waals surface area contributed by atoms with Gasteiger partial charge in [-0.3, -0.25) is 0 Å². The largest absolute Gasteiger partial charge is 0.305 e. The van der Waals surface area contributed by atoms with Crippen molar-refractivity contribution in [1.29, 1.82) is 0 Å². The Morgan fingerprint density at radius 1 is 1.50 bits per heavy atom. The van der Waals surface area contributed by atoms with E-state index in [0.717, 1.165) is 5.82 Å². The fourth-order valence-corrected chi connectivity index (χ4v) is 2.62. The maximum atomic E-state index is 4.01. The highest BCUT2D eigenvalue weighted by atomic mass is 15.5. The number of tetrazole rings is 1. The van der Waals surface area contributed by atoms with Crippen molar-refractivity contribution in [3.8, 4) is 0 Å². The van der Waals surface area contributed by atoms with Crippen molar-refractivity contribution in [3.63, 3.8) is 0 Å². The number of hydrogen-bond acceptors (Lipinski definition) is 4. The Kier molecular flexibility index (Phi) is 3.23. The molecule has 2 unspecified atom stereocenters. The van der Waals surface area contributed by atoms with E-state index in [9.17, 15) is 0 Å². The second kappa shape index (κ2) is 4.49. The lowest BCUT2D eigenvalue weighted by molar-refractivity contribution is 0.190. The monoisotopic (exact) mass is 223 g/mol. The molecular formula is C11H21N5. The van der Waals surface area contributed by atoms with Gasteiger partial charge in [0.25, 0.3) is 0 Å². The SMILES string of the molecule is CC(NC1CCCC(C)(C)C1)c1nn[nH]n1. The van der Waals surface area contributed by atoms with Crippen LogP contribution in [0.5, 0.6) is 0 Å². The molecule has 1 fully saturated rings. The number of rotatable bonds is 3. The number of aromatic nitrogens is 4. The molecule has 0 spiro atoms. The third kappa shape index (κ3) is 2.78. The van der Waals surface area contributed by atoms with Crippen molar-refractivity contribution < 1.29 is 0 Å². The highest BCUT2D eigenvalue weighted by Crippen LogP contribution is 2.35. The van der Waals surface area contributed by atoms with E-state index in [0.29, 0.717) is 11.5 Å². The molecule has 5 heteroatoms. The number of nitrogens with zero attached hydrogens (tertiary/aromatic N) is 3. The van der Waals surface area contributed by atoms with Gasteiger partial charge in [0, 0.05) is 6.04 Å². The third-order valence-corrected chi connectivity index (χ3v) is 3.44. The van der Waals surface area contributed by atoms with Crippen molar-refractivity contribution >= 4 is 0 Å². The molecule has 1 aliphatic carbocycles. The van der Waals surface area contributed by atoms with Gasteiger partial charge in [-0.2, -0.15) is 5.21 Å². The maximum absolute atomic E-state index is 4.01. The standard InChI is InChI=1S/C11H21N5/c1-8(10-13-15-16-14-10)12-9-5-4-6-11(2,3)7-9/h8-9,12H,4-7H2,1-3H3,(H,13,14,15,16). The van der Waals surface area contributed by atoms with Gasteiger partial charge in [0.1, 0.15) is 0 Å². The second-order valence-electron chi connectivity index (χ2n) is 5.62.